The molecule has 0 saturated carbocycles. The standard InChI is InChI=1S/C6H11NO2S/c1-9-6(8)4-2-3-5(7)10/h2-4H2,1H3,(H2,7,10). The lowest BCUT2D eigenvalue weighted by Gasteiger charge is -1.96. The van der Waals surface area contributed by atoms with Crippen molar-refractivity contribution in [3.8, 4) is 0 Å². The number of carbonyl (C=O) groups excluding carboxylic acids is 1. The molecule has 0 amide bonds. The van der Waals surface area contributed by atoms with E-state index in [1.807, 2.05) is 0 Å². The van der Waals surface area contributed by atoms with Crippen LogP contribution in [0.5, 0.6) is 0 Å². The van der Waals surface area contributed by atoms with Crippen LogP contribution < -0.4 is 5.73 Å². The molecule has 0 heterocycles. The van der Waals surface area contributed by atoms with E-state index in [0.717, 1.165) is 0 Å². The minimum Gasteiger partial charge on any atom is -0.469 e. The van der Waals surface area contributed by atoms with Crippen LogP contribution in [0.25, 0.3) is 0 Å². The number of nitrogens with two attached hydrogens (primary N) is 1. The number of hydrogen-bond acceptors (Lipinski definition) is 3. The molecule has 0 aliphatic rings. The van der Waals surface area contributed by atoms with Crippen LogP contribution in [0.1, 0.15) is 19.3 Å². The summed E-state index contributed by atoms with van der Waals surface area (Å²) in [7, 11) is 1.36. The maximum atomic E-state index is 10.5. The van der Waals surface area contributed by atoms with Crippen molar-refractivity contribution in [2.24, 2.45) is 5.73 Å². The first kappa shape index (κ1) is 9.36. The predicted octanol–water partition coefficient (Wildman–Crippen LogP) is 0.616. The second kappa shape index (κ2) is 5.17. The van der Waals surface area contributed by atoms with Gasteiger partial charge in [0.2, 0.25) is 0 Å². The van der Waals surface area contributed by atoms with Gasteiger partial charge in [-0.2, -0.15) is 0 Å². The lowest BCUT2D eigenvalue weighted by molar-refractivity contribution is -0.140. The summed E-state index contributed by atoms with van der Waals surface area (Å²) in [6.45, 7) is 0. The van der Waals surface area contributed by atoms with Gasteiger partial charge in [0.25, 0.3) is 0 Å². The molecule has 0 aromatic rings. The molecule has 0 atom stereocenters. The zero-order valence-corrected chi connectivity index (χ0v) is 6.74. The van der Waals surface area contributed by atoms with Crippen LogP contribution in [-0.4, -0.2) is 18.1 Å². The van der Waals surface area contributed by atoms with E-state index in [0.29, 0.717) is 24.3 Å². The number of rotatable bonds is 4. The lowest BCUT2D eigenvalue weighted by Crippen LogP contribution is -2.08. The van der Waals surface area contributed by atoms with Crippen molar-refractivity contribution in [2.45, 2.75) is 19.3 Å². The molecule has 0 aliphatic carbocycles. The van der Waals surface area contributed by atoms with Crippen molar-refractivity contribution in [1.82, 2.24) is 0 Å². The molecule has 2 N–H and O–H groups in total. The van der Waals surface area contributed by atoms with E-state index in [1.165, 1.54) is 7.11 Å². The minimum absolute atomic E-state index is 0.212. The molecule has 0 bridgehead atoms. The smallest absolute Gasteiger partial charge is 0.305 e. The Morgan fingerprint density at radius 3 is 2.60 bits per heavy atom. The molecule has 0 fully saturated rings. The average Bonchev–Trinajstić information content (AvgIpc) is 1.87. The van der Waals surface area contributed by atoms with E-state index in [2.05, 4.69) is 17.0 Å². The normalized spacial score (nSPS) is 8.90. The molecule has 58 valence electrons. The van der Waals surface area contributed by atoms with E-state index in [9.17, 15) is 4.79 Å². The first-order chi connectivity index (χ1) is 4.66. The van der Waals surface area contributed by atoms with Crippen molar-refractivity contribution in [3.05, 3.63) is 0 Å². The second-order valence-corrected chi connectivity index (χ2v) is 2.42. The van der Waals surface area contributed by atoms with Gasteiger partial charge in [0.05, 0.1) is 12.1 Å². The summed E-state index contributed by atoms with van der Waals surface area (Å²) in [4.78, 5) is 10.9. The Hall–Kier alpha value is -0.640. The van der Waals surface area contributed by atoms with Gasteiger partial charge >= 0.3 is 5.97 Å². The Labute approximate surface area is 65.5 Å². The summed E-state index contributed by atoms with van der Waals surface area (Å²) < 4.78 is 4.41. The van der Waals surface area contributed by atoms with Crippen LogP contribution in [0.2, 0.25) is 0 Å². The van der Waals surface area contributed by atoms with Crippen LogP contribution in [0.4, 0.5) is 0 Å². The molecular formula is C6H11NO2S. The molecule has 0 spiro atoms. The lowest BCUT2D eigenvalue weighted by atomic mass is 10.2. The second-order valence-electron chi connectivity index (χ2n) is 1.90. The number of hydrogen-bond donors (Lipinski definition) is 1. The van der Waals surface area contributed by atoms with Crippen molar-refractivity contribution >= 4 is 23.2 Å². The number of ether oxygens (including phenoxy) is 1. The Balaban J connectivity index is 3.20. The molecule has 0 aromatic heterocycles. The molecule has 0 rings (SSSR count). The predicted molar refractivity (Wildman–Crippen MR) is 42.7 cm³/mol. The molecule has 0 unspecified atom stereocenters. The number of esters is 1. The van der Waals surface area contributed by atoms with Gasteiger partial charge in [-0.3, -0.25) is 4.79 Å². The first-order valence-corrected chi connectivity index (χ1v) is 3.42. The summed E-state index contributed by atoms with van der Waals surface area (Å²) in [6.07, 6.45) is 1.69. The maximum absolute atomic E-state index is 10.5. The van der Waals surface area contributed by atoms with E-state index >= 15 is 0 Å². The summed E-state index contributed by atoms with van der Waals surface area (Å²) in [5.41, 5.74) is 5.20. The van der Waals surface area contributed by atoms with Gasteiger partial charge in [-0.25, -0.2) is 0 Å². The minimum atomic E-state index is -0.212. The first-order valence-electron chi connectivity index (χ1n) is 3.02. The zero-order valence-electron chi connectivity index (χ0n) is 5.92. The summed E-state index contributed by atoms with van der Waals surface area (Å²) in [6, 6.07) is 0. The van der Waals surface area contributed by atoms with Gasteiger partial charge < -0.3 is 10.5 Å². The molecule has 4 heteroatoms. The third-order valence-corrected chi connectivity index (χ3v) is 1.24. The highest BCUT2D eigenvalue weighted by molar-refractivity contribution is 7.80. The van der Waals surface area contributed by atoms with Gasteiger partial charge in [-0.15, -0.1) is 0 Å². The quantitative estimate of drug-likeness (QED) is 0.485. The Morgan fingerprint density at radius 1 is 1.60 bits per heavy atom. The van der Waals surface area contributed by atoms with Gasteiger partial charge in [-0.05, 0) is 12.8 Å². The maximum Gasteiger partial charge on any atom is 0.305 e. The van der Waals surface area contributed by atoms with E-state index in [-0.39, 0.29) is 5.97 Å². The highest BCUT2D eigenvalue weighted by Crippen LogP contribution is 1.96. The molecule has 0 radical (unpaired) electrons. The van der Waals surface area contributed by atoms with Crippen molar-refractivity contribution in [3.63, 3.8) is 0 Å². The van der Waals surface area contributed by atoms with Gasteiger partial charge in [-0.1, -0.05) is 12.2 Å². The van der Waals surface area contributed by atoms with Crippen molar-refractivity contribution in [2.75, 3.05) is 7.11 Å². The Bertz CT molecular complexity index is 136. The van der Waals surface area contributed by atoms with Crippen LogP contribution in [0, 0.1) is 0 Å². The fourth-order valence-corrected chi connectivity index (χ4v) is 0.653. The average molecular weight is 161 g/mol. The number of methoxy groups -OCH3 is 1. The Kier molecular flexibility index (Phi) is 4.84. The highest BCUT2D eigenvalue weighted by Gasteiger charge is 1.98. The van der Waals surface area contributed by atoms with E-state index in [4.69, 9.17) is 5.73 Å². The largest absolute Gasteiger partial charge is 0.469 e. The molecule has 10 heavy (non-hydrogen) atoms. The monoisotopic (exact) mass is 161 g/mol. The number of carbonyl (C=O) groups is 1. The third kappa shape index (κ3) is 5.50. The summed E-state index contributed by atoms with van der Waals surface area (Å²) >= 11 is 4.61. The fourth-order valence-electron chi connectivity index (χ4n) is 0.509. The molecule has 3 nitrogen and oxygen atoms in total. The van der Waals surface area contributed by atoms with Crippen LogP contribution in [-0.2, 0) is 9.53 Å². The highest BCUT2D eigenvalue weighted by atomic mass is 32.1. The topological polar surface area (TPSA) is 52.3 Å². The van der Waals surface area contributed by atoms with Gasteiger partial charge in [0.15, 0.2) is 0 Å². The molecule has 0 aliphatic heterocycles. The zero-order chi connectivity index (χ0) is 7.98. The third-order valence-electron chi connectivity index (χ3n) is 1.03. The molecule has 0 saturated heterocycles. The van der Waals surface area contributed by atoms with Crippen molar-refractivity contribution < 1.29 is 9.53 Å². The molecular weight excluding hydrogens is 150 g/mol. The van der Waals surface area contributed by atoms with Gasteiger partial charge in [0.1, 0.15) is 0 Å². The fraction of sp³-hybridized carbons (Fsp3) is 0.667. The van der Waals surface area contributed by atoms with Crippen LogP contribution >= 0.6 is 12.2 Å². The van der Waals surface area contributed by atoms with Gasteiger partial charge in [0, 0.05) is 6.42 Å². The summed E-state index contributed by atoms with van der Waals surface area (Å²) in [5.74, 6) is -0.212. The van der Waals surface area contributed by atoms with E-state index in [1.54, 1.807) is 0 Å². The summed E-state index contributed by atoms with van der Waals surface area (Å²) in [5, 5.41) is 0. The number of thiocarbonyl (C=S) groups is 1. The molecule has 0 aromatic carbocycles. The van der Waals surface area contributed by atoms with Crippen molar-refractivity contribution in [1.29, 1.82) is 0 Å². The van der Waals surface area contributed by atoms with E-state index < -0.39 is 0 Å². The van der Waals surface area contributed by atoms with Crippen LogP contribution in [0.3, 0.4) is 0 Å². The Morgan fingerprint density at radius 2 is 2.20 bits per heavy atom. The SMILES string of the molecule is COC(=O)CCCC(N)=S. The van der Waals surface area contributed by atoms with Crippen LogP contribution in [0.15, 0.2) is 0 Å².